The molecule has 86 valence electrons. The van der Waals surface area contributed by atoms with E-state index in [2.05, 4.69) is 15.6 Å². The highest BCUT2D eigenvalue weighted by Crippen LogP contribution is 2.18. The van der Waals surface area contributed by atoms with Crippen molar-refractivity contribution < 1.29 is 0 Å². The number of guanidine groups is 1. The summed E-state index contributed by atoms with van der Waals surface area (Å²) in [4.78, 5) is 4.16. The van der Waals surface area contributed by atoms with Gasteiger partial charge >= 0.3 is 0 Å². The average Bonchev–Trinajstić information content (AvgIpc) is 3.10. The topological polar surface area (TPSA) is 36.4 Å². The van der Waals surface area contributed by atoms with Crippen molar-refractivity contribution in [2.45, 2.75) is 25.4 Å². The minimum Gasteiger partial charge on any atom is -0.354 e. The molecule has 0 aliphatic heterocycles. The Morgan fingerprint density at radius 1 is 1.44 bits per heavy atom. The average molecular weight is 238 g/mol. The first kappa shape index (κ1) is 11.3. The highest BCUT2D eigenvalue weighted by Gasteiger charge is 2.21. The first-order chi connectivity index (χ1) is 7.79. The van der Waals surface area contributed by atoms with Crippen LogP contribution in [0.15, 0.2) is 29.3 Å². The van der Waals surface area contributed by atoms with Gasteiger partial charge in [-0.2, -0.15) is 0 Å². The van der Waals surface area contributed by atoms with Crippen LogP contribution < -0.4 is 10.6 Å². The third-order valence-electron chi connectivity index (χ3n) is 2.55. The second-order valence-corrected chi connectivity index (χ2v) is 4.34. The SMILES string of the molecule is CN=C(NCc1ccccc1Cl)NC1CC1. The van der Waals surface area contributed by atoms with Crippen LogP contribution in [0.4, 0.5) is 0 Å². The largest absolute Gasteiger partial charge is 0.354 e. The zero-order valence-electron chi connectivity index (χ0n) is 9.33. The van der Waals surface area contributed by atoms with E-state index in [1.54, 1.807) is 7.05 Å². The number of rotatable bonds is 3. The summed E-state index contributed by atoms with van der Waals surface area (Å²) in [5, 5.41) is 7.37. The molecule has 0 bridgehead atoms. The fraction of sp³-hybridized carbons (Fsp3) is 0.417. The number of aliphatic imine (C=N–C) groups is 1. The Bertz CT molecular complexity index is 386. The smallest absolute Gasteiger partial charge is 0.191 e. The molecule has 0 saturated heterocycles. The van der Waals surface area contributed by atoms with Crippen LogP contribution in [0.2, 0.25) is 5.02 Å². The lowest BCUT2D eigenvalue weighted by atomic mass is 10.2. The number of nitrogens with one attached hydrogen (secondary N) is 2. The Balaban J connectivity index is 1.87. The lowest BCUT2D eigenvalue weighted by Gasteiger charge is -2.11. The van der Waals surface area contributed by atoms with Crippen molar-refractivity contribution in [1.29, 1.82) is 0 Å². The number of hydrogen-bond acceptors (Lipinski definition) is 1. The molecule has 16 heavy (non-hydrogen) atoms. The Kier molecular flexibility index (Phi) is 3.67. The Morgan fingerprint density at radius 3 is 2.81 bits per heavy atom. The van der Waals surface area contributed by atoms with Crippen LogP contribution in [0.1, 0.15) is 18.4 Å². The molecule has 0 heterocycles. The Hall–Kier alpha value is -1.22. The Morgan fingerprint density at radius 2 is 2.19 bits per heavy atom. The van der Waals surface area contributed by atoms with Gasteiger partial charge in [0.25, 0.3) is 0 Å². The van der Waals surface area contributed by atoms with Gasteiger partial charge in [0.05, 0.1) is 0 Å². The van der Waals surface area contributed by atoms with Crippen LogP contribution in [0.5, 0.6) is 0 Å². The number of hydrogen-bond donors (Lipinski definition) is 2. The van der Waals surface area contributed by atoms with Crippen molar-refractivity contribution in [2.75, 3.05) is 7.05 Å². The summed E-state index contributed by atoms with van der Waals surface area (Å²) in [5.41, 5.74) is 1.09. The summed E-state index contributed by atoms with van der Waals surface area (Å²) in [6, 6.07) is 8.44. The Labute approximate surface area is 101 Å². The van der Waals surface area contributed by atoms with Gasteiger partial charge in [0, 0.05) is 24.7 Å². The van der Waals surface area contributed by atoms with Crippen LogP contribution in [0.25, 0.3) is 0 Å². The van der Waals surface area contributed by atoms with Crippen LogP contribution in [-0.4, -0.2) is 19.0 Å². The maximum atomic E-state index is 6.07. The van der Waals surface area contributed by atoms with E-state index in [9.17, 15) is 0 Å². The van der Waals surface area contributed by atoms with Crippen LogP contribution in [0, 0.1) is 0 Å². The van der Waals surface area contributed by atoms with E-state index in [-0.39, 0.29) is 0 Å². The summed E-state index contributed by atoms with van der Waals surface area (Å²) in [7, 11) is 1.78. The third kappa shape index (κ3) is 3.14. The quantitative estimate of drug-likeness (QED) is 0.625. The van der Waals surface area contributed by atoms with E-state index in [0.717, 1.165) is 16.5 Å². The van der Waals surface area contributed by atoms with Gasteiger partial charge in [0.2, 0.25) is 0 Å². The number of benzene rings is 1. The first-order valence-corrected chi connectivity index (χ1v) is 5.88. The zero-order valence-corrected chi connectivity index (χ0v) is 10.1. The van der Waals surface area contributed by atoms with Crippen molar-refractivity contribution >= 4 is 17.6 Å². The molecule has 0 aromatic heterocycles. The minimum absolute atomic E-state index is 0.609. The van der Waals surface area contributed by atoms with E-state index in [0.29, 0.717) is 12.6 Å². The molecule has 1 aliphatic carbocycles. The summed E-state index contributed by atoms with van der Waals surface area (Å²) in [6.07, 6.45) is 2.49. The van der Waals surface area contributed by atoms with Crippen molar-refractivity contribution in [2.24, 2.45) is 4.99 Å². The maximum absolute atomic E-state index is 6.07. The van der Waals surface area contributed by atoms with Gasteiger partial charge in [0.15, 0.2) is 5.96 Å². The molecule has 4 heteroatoms. The molecule has 0 radical (unpaired) electrons. The van der Waals surface area contributed by atoms with E-state index in [1.165, 1.54) is 12.8 Å². The van der Waals surface area contributed by atoms with Gasteiger partial charge in [-0.05, 0) is 24.5 Å². The van der Waals surface area contributed by atoms with E-state index >= 15 is 0 Å². The molecule has 0 spiro atoms. The second-order valence-electron chi connectivity index (χ2n) is 3.94. The van der Waals surface area contributed by atoms with E-state index < -0.39 is 0 Å². The molecule has 0 atom stereocenters. The first-order valence-electron chi connectivity index (χ1n) is 5.50. The maximum Gasteiger partial charge on any atom is 0.191 e. The summed E-state index contributed by atoms with van der Waals surface area (Å²) in [5.74, 6) is 0.849. The lowest BCUT2D eigenvalue weighted by Crippen LogP contribution is -2.38. The highest BCUT2D eigenvalue weighted by atomic mass is 35.5. The minimum atomic E-state index is 0.609. The fourth-order valence-electron chi connectivity index (χ4n) is 1.44. The van der Waals surface area contributed by atoms with Crippen molar-refractivity contribution in [3.63, 3.8) is 0 Å². The normalized spacial score (nSPS) is 16.0. The van der Waals surface area contributed by atoms with Crippen LogP contribution >= 0.6 is 11.6 Å². The van der Waals surface area contributed by atoms with E-state index in [1.807, 2.05) is 24.3 Å². The van der Waals surface area contributed by atoms with Crippen molar-refractivity contribution in [1.82, 2.24) is 10.6 Å². The molecule has 2 rings (SSSR count). The highest BCUT2D eigenvalue weighted by molar-refractivity contribution is 6.31. The molecule has 0 unspecified atom stereocenters. The molecular formula is C12H16ClN3. The van der Waals surface area contributed by atoms with Crippen LogP contribution in [-0.2, 0) is 6.54 Å². The van der Waals surface area contributed by atoms with Gasteiger partial charge in [0.1, 0.15) is 0 Å². The lowest BCUT2D eigenvalue weighted by molar-refractivity contribution is 0.805. The van der Waals surface area contributed by atoms with Gasteiger partial charge in [-0.3, -0.25) is 4.99 Å². The van der Waals surface area contributed by atoms with Crippen molar-refractivity contribution in [3.05, 3.63) is 34.9 Å². The summed E-state index contributed by atoms with van der Waals surface area (Å²) < 4.78 is 0. The molecular weight excluding hydrogens is 222 g/mol. The molecule has 1 saturated carbocycles. The molecule has 0 amide bonds. The predicted octanol–water partition coefficient (Wildman–Crippen LogP) is 2.17. The monoisotopic (exact) mass is 237 g/mol. The second kappa shape index (κ2) is 5.21. The third-order valence-corrected chi connectivity index (χ3v) is 2.91. The number of nitrogens with zero attached hydrogens (tertiary/aromatic N) is 1. The molecule has 1 aliphatic rings. The van der Waals surface area contributed by atoms with Crippen LogP contribution in [0.3, 0.4) is 0 Å². The molecule has 3 nitrogen and oxygen atoms in total. The summed E-state index contributed by atoms with van der Waals surface area (Å²) >= 11 is 6.07. The zero-order chi connectivity index (χ0) is 11.4. The molecule has 1 fully saturated rings. The van der Waals surface area contributed by atoms with Gasteiger partial charge in [-0.25, -0.2) is 0 Å². The standard InChI is InChI=1S/C12H16ClN3/c1-14-12(16-10-6-7-10)15-8-9-4-2-3-5-11(9)13/h2-5,10H,6-8H2,1H3,(H2,14,15,16). The van der Waals surface area contributed by atoms with Gasteiger partial charge in [-0.1, -0.05) is 29.8 Å². The number of halogens is 1. The van der Waals surface area contributed by atoms with Gasteiger partial charge in [-0.15, -0.1) is 0 Å². The van der Waals surface area contributed by atoms with Crippen molar-refractivity contribution in [3.8, 4) is 0 Å². The molecule has 1 aromatic rings. The molecule has 1 aromatic carbocycles. The molecule has 2 N–H and O–H groups in total. The summed E-state index contributed by atoms with van der Waals surface area (Å²) in [6.45, 7) is 0.700. The predicted molar refractivity (Wildman–Crippen MR) is 67.8 cm³/mol. The fourth-order valence-corrected chi connectivity index (χ4v) is 1.64. The van der Waals surface area contributed by atoms with Gasteiger partial charge < -0.3 is 10.6 Å². The van der Waals surface area contributed by atoms with E-state index in [4.69, 9.17) is 11.6 Å².